The van der Waals surface area contributed by atoms with Gasteiger partial charge in [-0.2, -0.15) is 13.2 Å². The van der Waals surface area contributed by atoms with Gasteiger partial charge in [0.2, 0.25) is 0 Å². The summed E-state index contributed by atoms with van der Waals surface area (Å²) >= 11 is 0. The van der Waals surface area contributed by atoms with E-state index in [4.69, 9.17) is 5.73 Å². The molecule has 0 aliphatic carbocycles. The number of nitrogens with two attached hydrogens (primary N) is 1. The molecule has 100 valence electrons. The van der Waals surface area contributed by atoms with Gasteiger partial charge < -0.3 is 5.73 Å². The van der Waals surface area contributed by atoms with Gasteiger partial charge in [0, 0.05) is 12.4 Å². The first-order valence-electron chi connectivity index (χ1n) is 5.42. The zero-order valence-electron chi connectivity index (χ0n) is 9.66. The topological polar surface area (TPSA) is 38.9 Å². The van der Waals surface area contributed by atoms with Crippen molar-refractivity contribution in [2.75, 3.05) is 0 Å². The van der Waals surface area contributed by atoms with Gasteiger partial charge in [-0.05, 0) is 35.4 Å². The predicted molar refractivity (Wildman–Crippen MR) is 61.7 cm³/mol. The van der Waals surface area contributed by atoms with Gasteiger partial charge in [-0.1, -0.05) is 6.07 Å². The summed E-state index contributed by atoms with van der Waals surface area (Å²) in [5.41, 5.74) is 5.50. The summed E-state index contributed by atoms with van der Waals surface area (Å²) in [6.45, 7) is 0. The normalized spacial score (nSPS) is 13.3. The number of aromatic nitrogens is 1. The Labute approximate surface area is 106 Å². The van der Waals surface area contributed by atoms with Crippen LogP contribution in [-0.4, -0.2) is 4.98 Å². The molecule has 1 aromatic carbocycles. The van der Waals surface area contributed by atoms with Crippen LogP contribution in [-0.2, 0) is 6.18 Å². The second-order valence-electron chi connectivity index (χ2n) is 4.00. The molecule has 0 spiro atoms. The fraction of sp³-hybridized carbons (Fsp3) is 0.154. The molecule has 0 amide bonds. The summed E-state index contributed by atoms with van der Waals surface area (Å²) < 4.78 is 50.7. The van der Waals surface area contributed by atoms with Crippen molar-refractivity contribution in [2.45, 2.75) is 12.2 Å². The highest BCUT2D eigenvalue weighted by atomic mass is 19.4. The van der Waals surface area contributed by atoms with E-state index in [9.17, 15) is 17.6 Å². The predicted octanol–water partition coefficient (Wildman–Crippen LogP) is 3.29. The number of hydrogen-bond donors (Lipinski definition) is 1. The molecule has 2 rings (SSSR count). The Kier molecular flexibility index (Phi) is 3.53. The van der Waals surface area contributed by atoms with E-state index < -0.39 is 23.6 Å². The average molecular weight is 270 g/mol. The molecular weight excluding hydrogens is 260 g/mol. The van der Waals surface area contributed by atoms with Crippen LogP contribution in [0.1, 0.15) is 22.7 Å². The lowest BCUT2D eigenvalue weighted by Crippen LogP contribution is -2.14. The number of hydrogen-bond acceptors (Lipinski definition) is 2. The molecule has 1 heterocycles. The molecule has 0 aliphatic rings. The van der Waals surface area contributed by atoms with Crippen molar-refractivity contribution in [3.05, 3.63) is 65.2 Å². The molecule has 0 saturated heterocycles. The van der Waals surface area contributed by atoms with Crippen LogP contribution in [0.2, 0.25) is 0 Å². The van der Waals surface area contributed by atoms with Crippen LogP contribution in [0, 0.1) is 5.82 Å². The van der Waals surface area contributed by atoms with Crippen LogP contribution < -0.4 is 5.73 Å². The van der Waals surface area contributed by atoms with Gasteiger partial charge in [0.1, 0.15) is 5.82 Å². The van der Waals surface area contributed by atoms with Gasteiger partial charge in [0.05, 0.1) is 11.6 Å². The molecule has 1 unspecified atom stereocenters. The van der Waals surface area contributed by atoms with E-state index in [0.717, 1.165) is 6.07 Å². The molecule has 0 fully saturated rings. The Morgan fingerprint density at radius 1 is 1.00 bits per heavy atom. The van der Waals surface area contributed by atoms with Crippen LogP contribution in [0.3, 0.4) is 0 Å². The Morgan fingerprint density at radius 2 is 1.63 bits per heavy atom. The average Bonchev–Trinajstić information content (AvgIpc) is 2.37. The van der Waals surface area contributed by atoms with Gasteiger partial charge in [-0.3, -0.25) is 4.98 Å². The summed E-state index contributed by atoms with van der Waals surface area (Å²) in [5, 5.41) is 0. The Hall–Kier alpha value is -1.95. The lowest BCUT2D eigenvalue weighted by molar-refractivity contribution is -0.140. The molecular formula is C13H10F4N2. The van der Waals surface area contributed by atoms with Gasteiger partial charge in [-0.25, -0.2) is 4.39 Å². The van der Waals surface area contributed by atoms with Crippen LogP contribution in [0.5, 0.6) is 0 Å². The third-order valence-electron chi connectivity index (χ3n) is 2.72. The summed E-state index contributed by atoms with van der Waals surface area (Å²) in [5.74, 6) is -1.32. The van der Waals surface area contributed by atoms with Crippen LogP contribution >= 0.6 is 0 Å². The van der Waals surface area contributed by atoms with Gasteiger partial charge >= 0.3 is 6.18 Å². The standard InChI is InChI=1S/C13H10F4N2/c14-11-7-9(1-2-10(11)13(15,16)17)12(18)8-3-5-19-6-4-8/h1-7,12H,18H2. The minimum atomic E-state index is -4.70. The highest BCUT2D eigenvalue weighted by Gasteiger charge is 2.34. The van der Waals surface area contributed by atoms with Crippen LogP contribution in [0.4, 0.5) is 17.6 Å². The van der Waals surface area contributed by atoms with E-state index in [0.29, 0.717) is 11.6 Å². The number of alkyl halides is 3. The van der Waals surface area contributed by atoms with Crippen LogP contribution in [0.25, 0.3) is 0 Å². The van der Waals surface area contributed by atoms with E-state index in [2.05, 4.69) is 4.98 Å². The first-order valence-corrected chi connectivity index (χ1v) is 5.42. The minimum absolute atomic E-state index is 0.275. The number of halogens is 4. The van der Waals surface area contributed by atoms with Crippen molar-refractivity contribution in [2.24, 2.45) is 5.73 Å². The Bertz CT molecular complexity index is 567. The van der Waals surface area contributed by atoms with Crippen molar-refractivity contribution in [3.8, 4) is 0 Å². The molecule has 19 heavy (non-hydrogen) atoms. The number of rotatable bonds is 2. The largest absolute Gasteiger partial charge is 0.419 e. The second-order valence-corrected chi connectivity index (χ2v) is 4.00. The Balaban J connectivity index is 2.35. The van der Waals surface area contributed by atoms with E-state index >= 15 is 0 Å². The highest BCUT2D eigenvalue weighted by molar-refractivity contribution is 5.34. The maximum atomic E-state index is 13.4. The van der Waals surface area contributed by atoms with E-state index in [-0.39, 0.29) is 5.56 Å². The minimum Gasteiger partial charge on any atom is -0.320 e. The second kappa shape index (κ2) is 4.97. The summed E-state index contributed by atoms with van der Waals surface area (Å²) in [6, 6.07) is 5.25. The SMILES string of the molecule is NC(c1ccncc1)c1ccc(C(F)(F)F)c(F)c1. The van der Waals surface area contributed by atoms with Crippen molar-refractivity contribution in [1.29, 1.82) is 0 Å². The van der Waals surface area contributed by atoms with Crippen molar-refractivity contribution < 1.29 is 17.6 Å². The molecule has 0 radical (unpaired) electrons. The monoisotopic (exact) mass is 270 g/mol. The lowest BCUT2D eigenvalue weighted by atomic mass is 9.99. The summed E-state index contributed by atoms with van der Waals surface area (Å²) in [7, 11) is 0. The van der Waals surface area contributed by atoms with Crippen molar-refractivity contribution in [1.82, 2.24) is 4.98 Å². The fourth-order valence-electron chi connectivity index (χ4n) is 1.72. The maximum Gasteiger partial charge on any atom is 0.419 e. The van der Waals surface area contributed by atoms with Gasteiger partial charge in [0.15, 0.2) is 0 Å². The summed E-state index contributed by atoms with van der Waals surface area (Å²) in [4.78, 5) is 3.81. The molecule has 1 aromatic heterocycles. The molecule has 2 aromatic rings. The quantitative estimate of drug-likeness (QED) is 0.850. The molecule has 1 atom stereocenters. The maximum absolute atomic E-state index is 13.4. The van der Waals surface area contributed by atoms with Crippen molar-refractivity contribution >= 4 is 0 Å². The molecule has 0 bridgehead atoms. The van der Waals surface area contributed by atoms with Crippen molar-refractivity contribution in [3.63, 3.8) is 0 Å². The fourth-order valence-corrected chi connectivity index (χ4v) is 1.72. The zero-order chi connectivity index (χ0) is 14.0. The molecule has 0 saturated carbocycles. The van der Waals surface area contributed by atoms with Crippen LogP contribution in [0.15, 0.2) is 42.7 Å². The number of benzene rings is 1. The smallest absolute Gasteiger partial charge is 0.320 e. The van der Waals surface area contributed by atoms with Gasteiger partial charge in [-0.15, -0.1) is 0 Å². The molecule has 2 nitrogen and oxygen atoms in total. The highest BCUT2D eigenvalue weighted by Crippen LogP contribution is 2.32. The summed E-state index contributed by atoms with van der Waals surface area (Å²) in [6.07, 6.45) is -1.69. The van der Waals surface area contributed by atoms with E-state index in [1.165, 1.54) is 18.5 Å². The Morgan fingerprint density at radius 3 is 2.16 bits per heavy atom. The van der Waals surface area contributed by atoms with E-state index in [1.54, 1.807) is 12.1 Å². The first kappa shape index (κ1) is 13.5. The molecule has 2 N–H and O–H groups in total. The van der Waals surface area contributed by atoms with Gasteiger partial charge in [0.25, 0.3) is 0 Å². The van der Waals surface area contributed by atoms with E-state index in [1.807, 2.05) is 0 Å². The molecule has 0 aliphatic heterocycles. The zero-order valence-corrected chi connectivity index (χ0v) is 9.66. The number of pyridine rings is 1. The molecule has 6 heteroatoms. The number of nitrogens with zero attached hydrogens (tertiary/aromatic N) is 1. The third kappa shape index (κ3) is 2.90. The third-order valence-corrected chi connectivity index (χ3v) is 2.72. The lowest BCUT2D eigenvalue weighted by Gasteiger charge is -2.14. The first-order chi connectivity index (χ1) is 8.89.